The summed E-state index contributed by atoms with van der Waals surface area (Å²) in [5.74, 6) is 0.321. The third kappa shape index (κ3) is 2.46. The Bertz CT molecular complexity index is 788. The summed E-state index contributed by atoms with van der Waals surface area (Å²) in [4.78, 5) is 9.75. The number of hydrogen-bond acceptors (Lipinski definition) is 6. The lowest BCUT2D eigenvalue weighted by atomic mass is 10.3. The number of benzene rings is 1. The quantitative estimate of drug-likeness (QED) is 0.752. The van der Waals surface area contributed by atoms with Crippen LogP contribution in [0.4, 0.5) is 5.69 Å². The Morgan fingerprint density at radius 1 is 1.35 bits per heavy atom. The predicted octanol–water partition coefficient (Wildman–Crippen LogP) is 2.79. The maximum Gasteiger partial charge on any atom is 0.288 e. The lowest BCUT2D eigenvalue weighted by Gasteiger charge is -1.92. The minimum absolute atomic E-state index is 0.219. The Hall–Kier alpha value is -1.73. The molecular weight excluding hydrogens is 294 g/mol. The van der Waals surface area contributed by atoms with Gasteiger partial charge in [-0.2, -0.15) is 0 Å². The van der Waals surface area contributed by atoms with Crippen molar-refractivity contribution in [2.75, 3.05) is 5.73 Å². The zero-order valence-corrected chi connectivity index (χ0v) is 12.7. The highest BCUT2D eigenvalue weighted by Gasteiger charge is 2.16. The van der Waals surface area contributed by atoms with Crippen molar-refractivity contribution in [2.24, 2.45) is 0 Å². The van der Waals surface area contributed by atoms with Gasteiger partial charge in [-0.25, -0.2) is 14.2 Å². The molecule has 0 saturated carbocycles. The van der Waals surface area contributed by atoms with Crippen molar-refractivity contribution in [2.45, 2.75) is 24.8 Å². The van der Waals surface area contributed by atoms with Crippen LogP contribution in [0.5, 0.6) is 0 Å². The van der Waals surface area contributed by atoms with Crippen LogP contribution < -0.4 is 5.73 Å². The Kier molecular flexibility index (Phi) is 3.31. The maximum atomic E-state index is 12.3. The number of nitrogens with two attached hydrogens (primary N) is 1. The highest BCUT2D eigenvalue weighted by Crippen LogP contribution is 2.23. The van der Waals surface area contributed by atoms with E-state index in [1.54, 1.807) is 29.5 Å². The number of nitrogen functional groups attached to an aromatic ring is 1. The van der Waals surface area contributed by atoms with E-state index < -0.39 is 10.8 Å². The molecule has 0 aliphatic rings. The topological polar surface area (TPSA) is 82.0 Å². The zero-order chi connectivity index (χ0) is 14.3. The number of aryl methyl sites for hydroxylation is 2. The van der Waals surface area contributed by atoms with Gasteiger partial charge in [0.2, 0.25) is 0 Å². The first-order valence-corrected chi connectivity index (χ1v) is 8.14. The second-order valence-electron chi connectivity index (χ2n) is 4.45. The molecule has 7 heteroatoms. The first-order valence-electron chi connectivity index (χ1n) is 6.00. The van der Waals surface area contributed by atoms with Gasteiger partial charge < -0.3 is 10.2 Å². The normalized spacial score (nSPS) is 12.9. The number of rotatable bonds is 3. The first-order chi connectivity index (χ1) is 9.52. The molecule has 20 heavy (non-hydrogen) atoms. The first kappa shape index (κ1) is 13.3. The van der Waals surface area contributed by atoms with Crippen LogP contribution in [0, 0.1) is 13.8 Å². The summed E-state index contributed by atoms with van der Waals surface area (Å²) < 4.78 is 17.8. The van der Waals surface area contributed by atoms with E-state index in [9.17, 15) is 4.21 Å². The van der Waals surface area contributed by atoms with Gasteiger partial charge in [0, 0.05) is 16.6 Å². The minimum atomic E-state index is -1.34. The SMILES string of the molecule is Cc1nc(CS(=O)c2nc3ccc(N)cc3o2)sc1C. The van der Waals surface area contributed by atoms with Gasteiger partial charge in [-0.15, -0.1) is 11.3 Å². The molecule has 0 radical (unpaired) electrons. The highest BCUT2D eigenvalue weighted by molar-refractivity contribution is 7.84. The van der Waals surface area contributed by atoms with Gasteiger partial charge in [0.25, 0.3) is 5.22 Å². The monoisotopic (exact) mass is 307 g/mol. The molecule has 5 nitrogen and oxygen atoms in total. The Balaban J connectivity index is 1.88. The molecule has 0 amide bonds. The molecule has 0 fully saturated rings. The van der Waals surface area contributed by atoms with Crippen molar-refractivity contribution >= 4 is 38.9 Å². The Labute approximate surface area is 122 Å². The van der Waals surface area contributed by atoms with Crippen molar-refractivity contribution in [1.29, 1.82) is 0 Å². The maximum absolute atomic E-state index is 12.3. The van der Waals surface area contributed by atoms with E-state index in [1.165, 1.54) is 0 Å². The van der Waals surface area contributed by atoms with Crippen molar-refractivity contribution in [3.8, 4) is 0 Å². The molecule has 3 rings (SSSR count). The number of fused-ring (bicyclic) bond motifs is 1. The zero-order valence-electron chi connectivity index (χ0n) is 11.0. The van der Waals surface area contributed by atoms with Crippen LogP contribution in [0.3, 0.4) is 0 Å². The molecule has 0 aliphatic carbocycles. The van der Waals surface area contributed by atoms with E-state index in [0.717, 1.165) is 15.6 Å². The van der Waals surface area contributed by atoms with E-state index in [0.29, 0.717) is 22.5 Å². The molecule has 1 atom stereocenters. The largest absolute Gasteiger partial charge is 0.430 e. The van der Waals surface area contributed by atoms with Gasteiger partial charge in [0.1, 0.15) is 21.3 Å². The lowest BCUT2D eigenvalue weighted by Crippen LogP contribution is -1.96. The van der Waals surface area contributed by atoms with E-state index in [1.807, 2.05) is 13.8 Å². The smallest absolute Gasteiger partial charge is 0.288 e. The average molecular weight is 307 g/mol. The van der Waals surface area contributed by atoms with Crippen molar-refractivity contribution in [1.82, 2.24) is 9.97 Å². The average Bonchev–Trinajstić information content (AvgIpc) is 2.93. The summed E-state index contributed by atoms with van der Waals surface area (Å²) in [7, 11) is -1.34. The minimum Gasteiger partial charge on any atom is -0.430 e. The molecule has 0 saturated heterocycles. The second kappa shape index (κ2) is 4.99. The number of oxazole rings is 1. The van der Waals surface area contributed by atoms with Gasteiger partial charge in [-0.3, -0.25) is 0 Å². The molecule has 1 unspecified atom stereocenters. The molecule has 104 valence electrons. The third-order valence-electron chi connectivity index (χ3n) is 2.92. The van der Waals surface area contributed by atoms with Crippen LogP contribution in [0.1, 0.15) is 15.6 Å². The predicted molar refractivity (Wildman–Crippen MR) is 80.1 cm³/mol. The van der Waals surface area contributed by atoms with E-state index >= 15 is 0 Å². The molecule has 3 aromatic rings. The van der Waals surface area contributed by atoms with Crippen LogP contribution in [0.25, 0.3) is 11.1 Å². The summed E-state index contributed by atoms with van der Waals surface area (Å²) in [5, 5.41) is 1.05. The summed E-state index contributed by atoms with van der Waals surface area (Å²) in [6.45, 7) is 3.95. The summed E-state index contributed by atoms with van der Waals surface area (Å²) in [5.41, 5.74) is 8.47. The summed E-state index contributed by atoms with van der Waals surface area (Å²) in [6, 6.07) is 5.18. The number of nitrogens with zero attached hydrogens (tertiary/aromatic N) is 2. The van der Waals surface area contributed by atoms with Crippen molar-refractivity contribution < 1.29 is 8.63 Å². The molecular formula is C13H13N3O2S2. The molecule has 2 N–H and O–H groups in total. The van der Waals surface area contributed by atoms with Crippen LogP contribution in [-0.2, 0) is 16.6 Å². The number of aromatic nitrogens is 2. The fraction of sp³-hybridized carbons (Fsp3) is 0.231. The summed E-state index contributed by atoms with van der Waals surface area (Å²) >= 11 is 1.55. The van der Waals surface area contributed by atoms with Gasteiger partial charge in [-0.1, -0.05) is 0 Å². The van der Waals surface area contributed by atoms with Crippen LogP contribution in [0.2, 0.25) is 0 Å². The third-order valence-corrected chi connectivity index (χ3v) is 5.27. The molecule has 2 heterocycles. The summed E-state index contributed by atoms with van der Waals surface area (Å²) in [6.07, 6.45) is 0. The molecule has 1 aromatic carbocycles. The van der Waals surface area contributed by atoms with Crippen molar-refractivity contribution in [3.05, 3.63) is 33.8 Å². The number of anilines is 1. The fourth-order valence-corrected chi connectivity index (χ4v) is 3.87. The standard InChI is InChI=1S/C13H13N3O2S2/c1-7-8(2)19-12(15-7)6-20(17)13-16-10-4-3-9(14)5-11(10)18-13/h3-5H,6,14H2,1-2H3. The van der Waals surface area contributed by atoms with Crippen LogP contribution in [0.15, 0.2) is 27.8 Å². The van der Waals surface area contributed by atoms with Crippen LogP contribution in [-0.4, -0.2) is 14.2 Å². The fourth-order valence-electron chi connectivity index (χ4n) is 1.79. The number of hydrogen-bond donors (Lipinski definition) is 1. The van der Waals surface area contributed by atoms with E-state index in [2.05, 4.69) is 9.97 Å². The lowest BCUT2D eigenvalue weighted by molar-refractivity contribution is 0.477. The van der Waals surface area contributed by atoms with Crippen molar-refractivity contribution in [3.63, 3.8) is 0 Å². The van der Waals surface area contributed by atoms with Gasteiger partial charge in [0.15, 0.2) is 5.58 Å². The van der Waals surface area contributed by atoms with E-state index in [4.69, 9.17) is 10.2 Å². The Morgan fingerprint density at radius 2 is 2.15 bits per heavy atom. The van der Waals surface area contributed by atoms with E-state index in [-0.39, 0.29) is 5.22 Å². The molecule has 0 bridgehead atoms. The second-order valence-corrected chi connectivity index (χ2v) is 7.06. The van der Waals surface area contributed by atoms with Crippen LogP contribution >= 0.6 is 11.3 Å². The van der Waals surface area contributed by atoms with Gasteiger partial charge in [0.05, 0.1) is 11.4 Å². The van der Waals surface area contributed by atoms with Gasteiger partial charge in [-0.05, 0) is 26.0 Å². The molecule has 2 aromatic heterocycles. The Morgan fingerprint density at radius 3 is 2.85 bits per heavy atom. The highest BCUT2D eigenvalue weighted by atomic mass is 32.2. The molecule has 0 aliphatic heterocycles. The van der Waals surface area contributed by atoms with Gasteiger partial charge >= 0.3 is 0 Å². The molecule has 0 spiro atoms. The number of thiazole rings is 1.